The number of hydrogen-bond acceptors (Lipinski definition) is 5. The summed E-state index contributed by atoms with van der Waals surface area (Å²) >= 11 is 0. The van der Waals surface area contributed by atoms with Crippen LogP contribution in [0.4, 0.5) is 0 Å². The van der Waals surface area contributed by atoms with E-state index in [1.807, 2.05) is 0 Å². The largest absolute Gasteiger partial charge is 0.396 e. The molecule has 5 N–H and O–H groups in total. The first-order valence-corrected chi connectivity index (χ1v) is 5.84. The molecule has 0 spiro atoms. The van der Waals surface area contributed by atoms with Crippen LogP contribution in [0.15, 0.2) is 0 Å². The molecule has 1 unspecified atom stereocenters. The minimum absolute atomic E-state index is 0.165. The molecule has 0 aromatic carbocycles. The fraction of sp³-hybridized carbons (Fsp3) is 1.00. The van der Waals surface area contributed by atoms with Gasteiger partial charge in [0.25, 0.3) is 0 Å². The quantitative estimate of drug-likeness (QED) is 0.353. The smallest absolute Gasteiger partial charge is 0.0771 e. The number of aliphatic hydroxyl groups excluding tert-OH is 5. The standard InChI is InChI=1S/C6H14O3.C5H12O2/c7-4-2-1-3-6(9)5-8;6-4-2-1-3-5-7/h6-9H,1-5H2;6-7H,1-5H2. The van der Waals surface area contributed by atoms with Crippen LogP contribution in [0, 0.1) is 0 Å². The lowest BCUT2D eigenvalue weighted by molar-refractivity contribution is 0.0848. The van der Waals surface area contributed by atoms with E-state index in [2.05, 4.69) is 0 Å². The molecule has 0 aliphatic heterocycles. The zero-order valence-electron chi connectivity index (χ0n) is 9.88. The maximum atomic E-state index is 8.75. The van der Waals surface area contributed by atoms with Gasteiger partial charge in [-0.2, -0.15) is 0 Å². The highest BCUT2D eigenvalue weighted by Gasteiger charge is 1.99. The van der Waals surface area contributed by atoms with Gasteiger partial charge in [0.2, 0.25) is 0 Å². The Morgan fingerprint density at radius 3 is 1.44 bits per heavy atom. The lowest BCUT2D eigenvalue weighted by atomic mass is 10.2. The number of rotatable bonds is 9. The first-order valence-electron chi connectivity index (χ1n) is 5.84. The van der Waals surface area contributed by atoms with Gasteiger partial charge in [-0.25, -0.2) is 0 Å². The molecule has 0 saturated heterocycles. The Labute approximate surface area is 97.4 Å². The van der Waals surface area contributed by atoms with Crippen LogP contribution >= 0.6 is 0 Å². The maximum absolute atomic E-state index is 8.75. The average molecular weight is 238 g/mol. The molecule has 0 aliphatic carbocycles. The molecule has 0 aromatic heterocycles. The van der Waals surface area contributed by atoms with Crippen molar-refractivity contribution in [1.29, 1.82) is 0 Å². The van der Waals surface area contributed by atoms with Crippen molar-refractivity contribution >= 4 is 0 Å². The lowest BCUT2D eigenvalue weighted by Crippen LogP contribution is -2.11. The van der Waals surface area contributed by atoms with E-state index in [0.29, 0.717) is 12.8 Å². The zero-order chi connectivity index (χ0) is 12.6. The summed E-state index contributed by atoms with van der Waals surface area (Å²) in [6.07, 6.45) is 4.04. The highest BCUT2D eigenvalue weighted by molar-refractivity contribution is 4.51. The number of unbranched alkanes of at least 4 members (excludes halogenated alkanes) is 3. The Kier molecular flexibility index (Phi) is 19.5. The summed E-state index contributed by atoms with van der Waals surface area (Å²) in [5.74, 6) is 0. The van der Waals surface area contributed by atoms with Gasteiger partial charge < -0.3 is 25.5 Å². The highest BCUT2D eigenvalue weighted by Crippen LogP contribution is 1.98. The van der Waals surface area contributed by atoms with Gasteiger partial charge >= 0.3 is 0 Å². The Morgan fingerprint density at radius 2 is 1.06 bits per heavy atom. The van der Waals surface area contributed by atoms with Gasteiger partial charge in [0.1, 0.15) is 0 Å². The fourth-order valence-corrected chi connectivity index (χ4v) is 0.983. The Morgan fingerprint density at radius 1 is 0.625 bits per heavy atom. The van der Waals surface area contributed by atoms with Crippen LogP contribution in [-0.2, 0) is 0 Å². The van der Waals surface area contributed by atoms with E-state index in [4.69, 9.17) is 25.5 Å². The highest BCUT2D eigenvalue weighted by atomic mass is 16.3. The van der Waals surface area contributed by atoms with Crippen LogP contribution in [0.2, 0.25) is 0 Å². The first-order chi connectivity index (χ1) is 7.72. The van der Waals surface area contributed by atoms with Gasteiger partial charge in [0, 0.05) is 19.8 Å². The summed E-state index contributed by atoms with van der Waals surface area (Å²) in [6.45, 7) is 0.490. The molecule has 0 aromatic rings. The van der Waals surface area contributed by atoms with Crippen molar-refractivity contribution in [3.05, 3.63) is 0 Å². The van der Waals surface area contributed by atoms with E-state index in [9.17, 15) is 0 Å². The molecule has 0 rings (SSSR count). The van der Waals surface area contributed by atoms with Crippen molar-refractivity contribution in [2.24, 2.45) is 0 Å². The third kappa shape index (κ3) is 19.4. The van der Waals surface area contributed by atoms with Crippen molar-refractivity contribution < 1.29 is 25.5 Å². The molecule has 5 nitrogen and oxygen atoms in total. The molecule has 0 radical (unpaired) electrons. The van der Waals surface area contributed by atoms with E-state index < -0.39 is 6.10 Å². The van der Waals surface area contributed by atoms with Crippen molar-refractivity contribution in [2.75, 3.05) is 26.4 Å². The fourth-order valence-electron chi connectivity index (χ4n) is 0.983. The molecule has 1 atom stereocenters. The maximum Gasteiger partial charge on any atom is 0.0771 e. The van der Waals surface area contributed by atoms with E-state index in [-0.39, 0.29) is 26.4 Å². The second kappa shape index (κ2) is 17.2. The molecular formula is C11H26O5. The second-order valence-electron chi connectivity index (χ2n) is 3.56. The molecule has 0 aliphatic rings. The first kappa shape index (κ1) is 18.2. The minimum atomic E-state index is -0.600. The van der Waals surface area contributed by atoms with E-state index >= 15 is 0 Å². The molecule has 0 amide bonds. The average Bonchev–Trinajstić information content (AvgIpc) is 2.31. The number of hydrogen-bond donors (Lipinski definition) is 5. The third-order valence-corrected chi connectivity index (χ3v) is 1.97. The van der Waals surface area contributed by atoms with E-state index in [1.165, 1.54) is 0 Å². The predicted molar refractivity (Wildman–Crippen MR) is 62.1 cm³/mol. The molecule has 0 heterocycles. The van der Waals surface area contributed by atoms with Gasteiger partial charge in [0.15, 0.2) is 0 Å². The predicted octanol–water partition coefficient (Wildman–Crippen LogP) is -0.357. The minimum Gasteiger partial charge on any atom is -0.396 e. The summed E-state index contributed by atoms with van der Waals surface area (Å²) < 4.78 is 0. The van der Waals surface area contributed by atoms with Crippen molar-refractivity contribution in [3.63, 3.8) is 0 Å². The van der Waals surface area contributed by atoms with Crippen LogP contribution in [0.1, 0.15) is 38.5 Å². The lowest BCUT2D eigenvalue weighted by Gasteiger charge is -2.03. The van der Waals surface area contributed by atoms with Crippen LogP contribution in [-0.4, -0.2) is 58.1 Å². The summed E-state index contributed by atoms with van der Waals surface area (Å²) in [4.78, 5) is 0. The second-order valence-corrected chi connectivity index (χ2v) is 3.56. The molecule has 16 heavy (non-hydrogen) atoms. The van der Waals surface area contributed by atoms with Crippen LogP contribution in [0.5, 0.6) is 0 Å². The summed E-state index contributed by atoms with van der Waals surface area (Å²) in [7, 11) is 0. The van der Waals surface area contributed by atoms with E-state index in [0.717, 1.165) is 25.7 Å². The van der Waals surface area contributed by atoms with Crippen molar-refractivity contribution in [1.82, 2.24) is 0 Å². The van der Waals surface area contributed by atoms with E-state index in [1.54, 1.807) is 0 Å². The van der Waals surface area contributed by atoms with Crippen molar-refractivity contribution in [3.8, 4) is 0 Å². The molecular weight excluding hydrogens is 212 g/mol. The topological polar surface area (TPSA) is 101 Å². The molecule has 5 heteroatoms. The Bertz CT molecular complexity index is 107. The number of aliphatic hydroxyl groups is 5. The molecule has 0 fully saturated rings. The monoisotopic (exact) mass is 238 g/mol. The van der Waals surface area contributed by atoms with Gasteiger partial charge in [-0.3, -0.25) is 0 Å². The molecule has 0 saturated carbocycles. The molecule has 100 valence electrons. The summed E-state index contributed by atoms with van der Waals surface area (Å²) in [5, 5.41) is 41.8. The van der Waals surface area contributed by atoms with Crippen LogP contribution in [0.3, 0.4) is 0 Å². The summed E-state index contributed by atoms with van der Waals surface area (Å²) in [6, 6.07) is 0. The summed E-state index contributed by atoms with van der Waals surface area (Å²) in [5.41, 5.74) is 0. The van der Waals surface area contributed by atoms with Gasteiger partial charge in [-0.15, -0.1) is 0 Å². The molecule has 0 bridgehead atoms. The Hall–Kier alpha value is -0.200. The third-order valence-electron chi connectivity index (χ3n) is 1.97. The SMILES string of the molecule is OCCCCC(O)CO.OCCCCCO. The van der Waals surface area contributed by atoms with Crippen molar-refractivity contribution in [2.45, 2.75) is 44.6 Å². The van der Waals surface area contributed by atoms with Gasteiger partial charge in [-0.1, -0.05) is 0 Å². The van der Waals surface area contributed by atoms with Crippen LogP contribution in [0.25, 0.3) is 0 Å². The van der Waals surface area contributed by atoms with Crippen LogP contribution < -0.4 is 0 Å². The normalized spacial score (nSPS) is 11.8. The Balaban J connectivity index is 0. The van der Waals surface area contributed by atoms with Gasteiger partial charge in [-0.05, 0) is 38.5 Å². The van der Waals surface area contributed by atoms with Gasteiger partial charge in [0.05, 0.1) is 12.7 Å². The zero-order valence-corrected chi connectivity index (χ0v) is 9.88.